The fourth-order valence-electron chi connectivity index (χ4n) is 4.48. The third-order valence-electron chi connectivity index (χ3n) is 5.05. The van der Waals surface area contributed by atoms with Gasteiger partial charge in [-0.1, -0.05) is 0 Å². The average molecular weight is 246 g/mol. The molecule has 3 unspecified atom stereocenters. The molecule has 0 aromatic heterocycles. The molecular formula is C12H20ClNO2. The smallest absolute Gasteiger partial charge is 0.321 e. The Morgan fingerprint density at radius 3 is 2.31 bits per heavy atom. The van der Waals surface area contributed by atoms with E-state index in [0.29, 0.717) is 17.8 Å². The van der Waals surface area contributed by atoms with Crippen LogP contribution in [0.4, 0.5) is 0 Å². The van der Waals surface area contributed by atoms with Crippen molar-refractivity contribution >= 4 is 18.4 Å². The van der Waals surface area contributed by atoms with Gasteiger partial charge in [-0.2, -0.15) is 0 Å². The van der Waals surface area contributed by atoms with Gasteiger partial charge < -0.3 is 5.11 Å². The van der Waals surface area contributed by atoms with E-state index in [1.54, 1.807) is 0 Å². The van der Waals surface area contributed by atoms with Crippen LogP contribution in [0.2, 0.25) is 0 Å². The van der Waals surface area contributed by atoms with Crippen LogP contribution in [0.3, 0.4) is 0 Å². The van der Waals surface area contributed by atoms with Crippen molar-refractivity contribution in [2.45, 2.75) is 31.7 Å². The van der Waals surface area contributed by atoms with E-state index >= 15 is 0 Å². The zero-order chi connectivity index (χ0) is 10.6. The third-order valence-corrected chi connectivity index (χ3v) is 5.05. The first-order chi connectivity index (χ1) is 7.18. The van der Waals surface area contributed by atoms with Gasteiger partial charge in [0.1, 0.15) is 6.04 Å². The number of halogens is 1. The highest BCUT2D eigenvalue weighted by Gasteiger charge is 2.54. The van der Waals surface area contributed by atoms with Crippen LogP contribution in [0.1, 0.15) is 25.7 Å². The number of likely N-dealkylation sites (N-methyl/N-ethyl adjacent to an activating group) is 1. The topological polar surface area (TPSA) is 40.5 Å². The number of rotatable bonds is 1. The molecule has 3 saturated carbocycles. The number of nitrogens with zero attached hydrogens (tertiary/aromatic N) is 1. The molecule has 3 atom stereocenters. The SMILES string of the molecule is CN1CC2C3CCC(CC3)C2C1C(=O)O.Cl. The molecule has 4 aliphatic rings. The minimum atomic E-state index is -0.599. The van der Waals surface area contributed by atoms with Crippen molar-refractivity contribution in [3.8, 4) is 0 Å². The van der Waals surface area contributed by atoms with Gasteiger partial charge in [-0.25, -0.2) is 0 Å². The Balaban J connectivity index is 0.000000963. The lowest BCUT2D eigenvalue weighted by Crippen LogP contribution is -2.45. The van der Waals surface area contributed by atoms with Gasteiger partial charge in [0.25, 0.3) is 0 Å². The Hall–Kier alpha value is -0.280. The molecule has 1 aliphatic heterocycles. The Morgan fingerprint density at radius 1 is 1.19 bits per heavy atom. The van der Waals surface area contributed by atoms with E-state index in [-0.39, 0.29) is 18.4 Å². The zero-order valence-corrected chi connectivity index (χ0v) is 10.4. The number of aliphatic carboxylic acids is 1. The van der Waals surface area contributed by atoms with Crippen LogP contribution in [0.15, 0.2) is 0 Å². The molecule has 4 fully saturated rings. The summed E-state index contributed by atoms with van der Waals surface area (Å²) in [5.74, 6) is 2.07. The van der Waals surface area contributed by atoms with E-state index in [1.807, 2.05) is 7.05 Å². The van der Waals surface area contributed by atoms with Gasteiger partial charge in [-0.15, -0.1) is 12.4 Å². The molecule has 0 radical (unpaired) electrons. The Labute approximate surface area is 103 Å². The molecule has 1 heterocycles. The van der Waals surface area contributed by atoms with Gasteiger partial charge in [0.15, 0.2) is 0 Å². The Bertz CT molecular complexity index is 289. The number of likely N-dealkylation sites (tertiary alicyclic amines) is 1. The van der Waals surface area contributed by atoms with E-state index < -0.39 is 5.97 Å². The number of hydrogen-bond acceptors (Lipinski definition) is 2. The van der Waals surface area contributed by atoms with Crippen LogP contribution < -0.4 is 0 Å². The van der Waals surface area contributed by atoms with E-state index in [1.165, 1.54) is 25.7 Å². The maximum atomic E-state index is 11.3. The molecule has 3 aliphatic carbocycles. The van der Waals surface area contributed by atoms with E-state index in [4.69, 9.17) is 0 Å². The lowest BCUT2D eigenvalue weighted by atomic mass is 9.58. The first-order valence-corrected chi connectivity index (χ1v) is 6.11. The first kappa shape index (κ1) is 12.2. The van der Waals surface area contributed by atoms with Crippen molar-refractivity contribution < 1.29 is 9.90 Å². The number of carboxylic acid groups (broad SMARTS) is 1. The number of carbonyl (C=O) groups is 1. The fourth-order valence-corrected chi connectivity index (χ4v) is 4.48. The quantitative estimate of drug-likeness (QED) is 0.767. The molecule has 0 aromatic rings. The minimum absolute atomic E-state index is 0. The molecule has 1 N–H and O–H groups in total. The van der Waals surface area contributed by atoms with Crippen LogP contribution in [0, 0.1) is 23.7 Å². The second kappa shape index (κ2) is 4.19. The summed E-state index contributed by atoms with van der Waals surface area (Å²) in [7, 11) is 1.98. The summed E-state index contributed by atoms with van der Waals surface area (Å²) < 4.78 is 0. The molecule has 0 amide bonds. The maximum absolute atomic E-state index is 11.3. The second-order valence-electron chi connectivity index (χ2n) is 5.64. The molecule has 3 nitrogen and oxygen atoms in total. The molecule has 4 heteroatoms. The second-order valence-corrected chi connectivity index (χ2v) is 5.64. The molecular weight excluding hydrogens is 226 g/mol. The van der Waals surface area contributed by atoms with Crippen molar-refractivity contribution in [1.29, 1.82) is 0 Å². The number of fused-ring (bicyclic) bond motifs is 2. The largest absolute Gasteiger partial charge is 0.480 e. The van der Waals surface area contributed by atoms with Gasteiger partial charge >= 0.3 is 5.97 Å². The summed E-state index contributed by atoms with van der Waals surface area (Å²) in [6.07, 6.45) is 5.27. The summed E-state index contributed by atoms with van der Waals surface area (Å²) in [5.41, 5.74) is 0. The van der Waals surface area contributed by atoms with Crippen molar-refractivity contribution in [3.05, 3.63) is 0 Å². The fraction of sp³-hybridized carbons (Fsp3) is 0.917. The van der Waals surface area contributed by atoms with E-state index in [2.05, 4.69) is 4.90 Å². The van der Waals surface area contributed by atoms with Gasteiger partial charge in [-0.05, 0) is 56.4 Å². The zero-order valence-electron chi connectivity index (χ0n) is 9.63. The van der Waals surface area contributed by atoms with Crippen LogP contribution in [0.5, 0.6) is 0 Å². The lowest BCUT2D eigenvalue weighted by Gasteiger charge is -2.46. The van der Waals surface area contributed by atoms with Gasteiger partial charge in [-0.3, -0.25) is 9.69 Å². The normalized spacial score (nSPS) is 46.2. The van der Waals surface area contributed by atoms with Gasteiger partial charge in [0.2, 0.25) is 0 Å². The van der Waals surface area contributed by atoms with Crippen molar-refractivity contribution in [2.75, 3.05) is 13.6 Å². The molecule has 0 aromatic carbocycles. The predicted octanol–water partition coefficient (Wildman–Crippen LogP) is 1.86. The van der Waals surface area contributed by atoms with Crippen molar-refractivity contribution in [1.82, 2.24) is 4.90 Å². The predicted molar refractivity (Wildman–Crippen MR) is 63.7 cm³/mol. The van der Waals surface area contributed by atoms with Crippen LogP contribution in [-0.2, 0) is 4.79 Å². The standard InChI is InChI=1S/C12H19NO2.ClH/c1-13-6-9-7-2-4-8(5-3-7)10(9)11(13)12(14)15;/h7-11H,2-6H2,1H3,(H,14,15);1H. The molecule has 92 valence electrons. The number of carboxylic acids is 1. The van der Waals surface area contributed by atoms with E-state index in [9.17, 15) is 9.90 Å². The summed E-state index contributed by atoms with van der Waals surface area (Å²) in [6, 6.07) is -0.192. The highest BCUT2D eigenvalue weighted by atomic mass is 35.5. The summed E-state index contributed by atoms with van der Waals surface area (Å²) in [5, 5.41) is 9.31. The van der Waals surface area contributed by atoms with Gasteiger partial charge in [0, 0.05) is 6.54 Å². The lowest BCUT2D eigenvalue weighted by molar-refractivity contribution is -0.144. The summed E-state index contributed by atoms with van der Waals surface area (Å²) in [6.45, 7) is 1.02. The average Bonchev–Trinajstić information content (AvgIpc) is 2.58. The van der Waals surface area contributed by atoms with Crippen molar-refractivity contribution in [2.24, 2.45) is 23.7 Å². The number of hydrogen-bond donors (Lipinski definition) is 1. The van der Waals surface area contributed by atoms with Gasteiger partial charge in [0.05, 0.1) is 0 Å². The van der Waals surface area contributed by atoms with Crippen LogP contribution in [-0.4, -0.2) is 35.6 Å². The molecule has 2 bridgehead atoms. The summed E-state index contributed by atoms with van der Waals surface area (Å²) in [4.78, 5) is 13.4. The molecule has 4 rings (SSSR count). The Kier molecular flexibility index (Phi) is 3.19. The van der Waals surface area contributed by atoms with Crippen LogP contribution in [0.25, 0.3) is 0 Å². The monoisotopic (exact) mass is 245 g/mol. The third kappa shape index (κ3) is 1.56. The van der Waals surface area contributed by atoms with Crippen LogP contribution >= 0.6 is 12.4 Å². The molecule has 0 spiro atoms. The minimum Gasteiger partial charge on any atom is -0.480 e. The molecule has 1 saturated heterocycles. The maximum Gasteiger partial charge on any atom is 0.321 e. The molecule has 16 heavy (non-hydrogen) atoms. The van der Waals surface area contributed by atoms with Crippen molar-refractivity contribution in [3.63, 3.8) is 0 Å². The highest BCUT2D eigenvalue weighted by Crippen LogP contribution is 2.53. The van der Waals surface area contributed by atoms with E-state index in [0.717, 1.165) is 12.5 Å². The highest BCUT2D eigenvalue weighted by molar-refractivity contribution is 5.85. The first-order valence-electron chi connectivity index (χ1n) is 6.11. The summed E-state index contributed by atoms with van der Waals surface area (Å²) >= 11 is 0. The Morgan fingerprint density at radius 2 is 1.75 bits per heavy atom.